The first-order valence-corrected chi connectivity index (χ1v) is 4.90. The Labute approximate surface area is 93.9 Å². The second kappa shape index (κ2) is 5.30. The van der Waals surface area contributed by atoms with E-state index < -0.39 is 17.9 Å². The number of hydrogen-bond donors (Lipinski definition) is 1. The van der Waals surface area contributed by atoms with Crippen LogP contribution in [0.15, 0.2) is 24.3 Å². The van der Waals surface area contributed by atoms with Gasteiger partial charge in [0, 0.05) is 0 Å². The van der Waals surface area contributed by atoms with Gasteiger partial charge in [0.25, 0.3) is 0 Å². The molecule has 0 aliphatic carbocycles. The third-order valence-electron chi connectivity index (χ3n) is 2.38. The molecule has 1 N–H and O–H groups in total. The third kappa shape index (κ3) is 3.08. The first-order chi connectivity index (χ1) is 7.54. The Balaban J connectivity index is 2.89. The lowest BCUT2D eigenvalue weighted by Crippen LogP contribution is -2.16. The first-order valence-electron chi connectivity index (χ1n) is 4.90. The monoisotopic (exact) mass is 222 g/mol. The van der Waals surface area contributed by atoms with Gasteiger partial charge in [-0.3, -0.25) is 9.59 Å². The van der Waals surface area contributed by atoms with Crippen LogP contribution in [0.25, 0.3) is 0 Å². The Morgan fingerprint density at radius 1 is 1.31 bits per heavy atom. The molecule has 0 aliphatic rings. The van der Waals surface area contributed by atoms with E-state index in [9.17, 15) is 9.59 Å². The van der Waals surface area contributed by atoms with Gasteiger partial charge in [-0.25, -0.2) is 0 Å². The normalized spacial score (nSPS) is 11.9. The molecule has 16 heavy (non-hydrogen) atoms. The number of benzene rings is 1. The molecular weight excluding hydrogens is 208 g/mol. The second-order valence-corrected chi connectivity index (χ2v) is 3.58. The maximum absolute atomic E-state index is 11.1. The van der Waals surface area contributed by atoms with E-state index in [1.54, 1.807) is 12.1 Å². The average molecular weight is 222 g/mol. The SMILES string of the molecule is COC(=O)CC(C(=O)O)c1ccc(C)cc1. The first kappa shape index (κ1) is 12.2. The van der Waals surface area contributed by atoms with E-state index >= 15 is 0 Å². The second-order valence-electron chi connectivity index (χ2n) is 3.58. The van der Waals surface area contributed by atoms with Gasteiger partial charge in [-0.2, -0.15) is 0 Å². The summed E-state index contributed by atoms with van der Waals surface area (Å²) in [6.45, 7) is 1.92. The molecular formula is C12H14O4. The summed E-state index contributed by atoms with van der Waals surface area (Å²) in [4.78, 5) is 22.1. The number of carbonyl (C=O) groups excluding carboxylic acids is 1. The van der Waals surface area contributed by atoms with Crippen LogP contribution in [0, 0.1) is 6.92 Å². The molecule has 1 unspecified atom stereocenters. The van der Waals surface area contributed by atoms with E-state index in [0.29, 0.717) is 5.56 Å². The van der Waals surface area contributed by atoms with Gasteiger partial charge in [-0.1, -0.05) is 29.8 Å². The quantitative estimate of drug-likeness (QED) is 0.788. The predicted molar refractivity (Wildman–Crippen MR) is 58.2 cm³/mol. The fraction of sp³-hybridized carbons (Fsp3) is 0.333. The third-order valence-corrected chi connectivity index (χ3v) is 2.38. The van der Waals surface area contributed by atoms with Crippen molar-refractivity contribution in [1.29, 1.82) is 0 Å². The Morgan fingerprint density at radius 2 is 1.88 bits per heavy atom. The van der Waals surface area contributed by atoms with Crippen molar-refractivity contribution in [3.63, 3.8) is 0 Å². The zero-order chi connectivity index (χ0) is 12.1. The van der Waals surface area contributed by atoms with Crippen LogP contribution < -0.4 is 0 Å². The molecule has 1 atom stereocenters. The number of aliphatic carboxylic acids is 1. The summed E-state index contributed by atoms with van der Waals surface area (Å²) in [6.07, 6.45) is -0.144. The number of methoxy groups -OCH3 is 1. The van der Waals surface area contributed by atoms with E-state index in [-0.39, 0.29) is 6.42 Å². The molecule has 86 valence electrons. The lowest BCUT2D eigenvalue weighted by Gasteiger charge is -2.11. The molecule has 0 spiro atoms. The number of esters is 1. The van der Waals surface area contributed by atoms with Gasteiger partial charge < -0.3 is 9.84 Å². The lowest BCUT2D eigenvalue weighted by atomic mass is 9.95. The number of rotatable bonds is 4. The van der Waals surface area contributed by atoms with Crippen molar-refractivity contribution in [3.05, 3.63) is 35.4 Å². The van der Waals surface area contributed by atoms with Crippen LogP contribution in [-0.4, -0.2) is 24.2 Å². The summed E-state index contributed by atoms with van der Waals surface area (Å²) >= 11 is 0. The van der Waals surface area contributed by atoms with Gasteiger partial charge in [-0.15, -0.1) is 0 Å². The summed E-state index contributed by atoms with van der Waals surface area (Å²) in [6, 6.07) is 7.08. The maximum Gasteiger partial charge on any atom is 0.311 e. The fourth-order valence-corrected chi connectivity index (χ4v) is 1.40. The van der Waals surface area contributed by atoms with Crippen molar-refractivity contribution >= 4 is 11.9 Å². The molecule has 0 fully saturated rings. The Morgan fingerprint density at radius 3 is 2.31 bits per heavy atom. The topological polar surface area (TPSA) is 63.6 Å². The molecule has 0 radical (unpaired) electrons. The lowest BCUT2D eigenvalue weighted by molar-refractivity contribution is -0.147. The summed E-state index contributed by atoms with van der Waals surface area (Å²) in [5, 5.41) is 9.03. The molecule has 0 heterocycles. The Hall–Kier alpha value is -1.84. The zero-order valence-corrected chi connectivity index (χ0v) is 9.27. The number of carbonyl (C=O) groups is 2. The van der Waals surface area contributed by atoms with Crippen molar-refractivity contribution in [2.45, 2.75) is 19.3 Å². The maximum atomic E-state index is 11.1. The number of hydrogen-bond acceptors (Lipinski definition) is 3. The van der Waals surface area contributed by atoms with Crippen LogP contribution in [0.2, 0.25) is 0 Å². The summed E-state index contributed by atoms with van der Waals surface area (Å²) in [7, 11) is 1.25. The fourth-order valence-electron chi connectivity index (χ4n) is 1.40. The number of carboxylic acid groups (broad SMARTS) is 1. The van der Waals surface area contributed by atoms with Gasteiger partial charge in [0.05, 0.1) is 19.4 Å². The number of ether oxygens (including phenoxy) is 1. The highest BCUT2D eigenvalue weighted by Crippen LogP contribution is 2.21. The molecule has 1 rings (SSSR count). The molecule has 0 saturated heterocycles. The Bertz CT molecular complexity index is 381. The van der Waals surface area contributed by atoms with E-state index in [1.807, 2.05) is 19.1 Å². The number of aryl methyl sites for hydroxylation is 1. The van der Waals surface area contributed by atoms with E-state index in [2.05, 4.69) is 4.74 Å². The van der Waals surface area contributed by atoms with Crippen LogP contribution >= 0.6 is 0 Å². The molecule has 0 aromatic heterocycles. The standard InChI is InChI=1S/C12H14O4/c1-8-3-5-9(6-4-8)10(12(14)15)7-11(13)16-2/h3-6,10H,7H2,1-2H3,(H,14,15). The van der Waals surface area contributed by atoms with Crippen molar-refractivity contribution in [3.8, 4) is 0 Å². The summed E-state index contributed by atoms with van der Waals surface area (Å²) in [5.74, 6) is -2.38. The molecule has 1 aromatic carbocycles. The average Bonchev–Trinajstić information content (AvgIpc) is 2.26. The Kier molecular flexibility index (Phi) is 4.05. The van der Waals surface area contributed by atoms with Crippen LogP contribution in [0.1, 0.15) is 23.5 Å². The minimum Gasteiger partial charge on any atom is -0.481 e. The molecule has 0 amide bonds. The molecule has 0 saturated carbocycles. The highest BCUT2D eigenvalue weighted by Gasteiger charge is 2.23. The minimum absolute atomic E-state index is 0.144. The van der Waals surface area contributed by atoms with E-state index in [1.165, 1.54) is 7.11 Å². The van der Waals surface area contributed by atoms with Gasteiger partial charge >= 0.3 is 11.9 Å². The van der Waals surface area contributed by atoms with Crippen molar-refractivity contribution in [2.24, 2.45) is 0 Å². The molecule has 0 aliphatic heterocycles. The summed E-state index contributed by atoms with van der Waals surface area (Å²) < 4.78 is 4.47. The van der Waals surface area contributed by atoms with E-state index in [4.69, 9.17) is 5.11 Å². The smallest absolute Gasteiger partial charge is 0.311 e. The van der Waals surface area contributed by atoms with Gasteiger partial charge in [-0.05, 0) is 12.5 Å². The van der Waals surface area contributed by atoms with Crippen LogP contribution in [0.3, 0.4) is 0 Å². The van der Waals surface area contributed by atoms with Gasteiger partial charge in [0.2, 0.25) is 0 Å². The highest BCUT2D eigenvalue weighted by molar-refractivity contribution is 5.83. The number of carboxylic acids is 1. The predicted octanol–water partition coefficient (Wildman–Crippen LogP) is 1.73. The van der Waals surface area contributed by atoms with Crippen LogP contribution in [0.4, 0.5) is 0 Å². The minimum atomic E-state index is -1.02. The highest BCUT2D eigenvalue weighted by atomic mass is 16.5. The van der Waals surface area contributed by atoms with Gasteiger partial charge in [0.15, 0.2) is 0 Å². The molecule has 1 aromatic rings. The summed E-state index contributed by atoms with van der Waals surface area (Å²) in [5.41, 5.74) is 1.66. The van der Waals surface area contributed by atoms with Crippen LogP contribution in [-0.2, 0) is 14.3 Å². The van der Waals surface area contributed by atoms with Crippen molar-refractivity contribution < 1.29 is 19.4 Å². The largest absolute Gasteiger partial charge is 0.481 e. The van der Waals surface area contributed by atoms with E-state index in [0.717, 1.165) is 5.56 Å². The van der Waals surface area contributed by atoms with Gasteiger partial charge in [0.1, 0.15) is 0 Å². The van der Waals surface area contributed by atoms with Crippen molar-refractivity contribution in [2.75, 3.05) is 7.11 Å². The zero-order valence-electron chi connectivity index (χ0n) is 9.27. The molecule has 0 bridgehead atoms. The molecule has 4 nitrogen and oxygen atoms in total. The van der Waals surface area contributed by atoms with Crippen molar-refractivity contribution in [1.82, 2.24) is 0 Å². The van der Waals surface area contributed by atoms with Crippen LogP contribution in [0.5, 0.6) is 0 Å². The molecule has 4 heteroatoms.